The minimum atomic E-state index is -3.30. The first-order valence-corrected chi connectivity index (χ1v) is 12.8. The van der Waals surface area contributed by atoms with Gasteiger partial charge in [0.25, 0.3) is 5.91 Å². The predicted octanol–water partition coefficient (Wildman–Crippen LogP) is 1.96. The van der Waals surface area contributed by atoms with Crippen LogP contribution in [0.2, 0.25) is 0 Å². The second-order valence-corrected chi connectivity index (χ2v) is 10.6. The van der Waals surface area contributed by atoms with Gasteiger partial charge in [-0.05, 0) is 37.5 Å². The van der Waals surface area contributed by atoms with Gasteiger partial charge in [-0.3, -0.25) is 14.5 Å². The number of carbonyl (C=O) groups excluding carboxylic acids is 3. The topological polar surface area (TPSA) is 113 Å². The Balaban J connectivity index is 1.41. The van der Waals surface area contributed by atoms with E-state index in [4.69, 9.17) is 4.74 Å². The van der Waals surface area contributed by atoms with Crippen LogP contribution in [0, 0.1) is 0 Å². The number of hydrogen-bond acceptors (Lipinski definition) is 6. The third-order valence-corrected chi connectivity index (χ3v) is 7.18. The van der Waals surface area contributed by atoms with Crippen molar-refractivity contribution >= 4 is 27.7 Å². The van der Waals surface area contributed by atoms with Gasteiger partial charge in [0, 0.05) is 32.8 Å². The molecular formula is C22H31N3O6S. The van der Waals surface area contributed by atoms with Gasteiger partial charge in [-0.1, -0.05) is 25.3 Å². The molecule has 1 N–H and O–H groups in total. The minimum absolute atomic E-state index is 0.0724. The van der Waals surface area contributed by atoms with E-state index in [1.54, 1.807) is 24.1 Å². The number of ether oxygens (including phenoxy) is 1. The fourth-order valence-corrected chi connectivity index (χ4v) is 4.84. The minimum Gasteiger partial charge on any atom is -0.493 e. The van der Waals surface area contributed by atoms with Gasteiger partial charge in [0.05, 0.1) is 11.5 Å². The zero-order valence-corrected chi connectivity index (χ0v) is 19.4. The Morgan fingerprint density at radius 3 is 2.62 bits per heavy atom. The number of benzene rings is 1. The van der Waals surface area contributed by atoms with Crippen molar-refractivity contribution < 1.29 is 27.5 Å². The van der Waals surface area contributed by atoms with Crippen LogP contribution in [0.5, 0.6) is 5.75 Å². The van der Waals surface area contributed by atoms with Gasteiger partial charge in [-0.25, -0.2) is 13.2 Å². The van der Waals surface area contributed by atoms with Gasteiger partial charge >= 0.3 is 6.03 Å². The molecule has 1 aliphatic carbocycles. The van der Waals surface area contributed by atoms with Crippen LogP contribution < -0.4 is 10.1 Å². The molecule has 10 heteroatoms. The summed E-state index contributed by atoms with van der Waals surface area (Å²) in [5, 5.41) is 2.85. The van der Waals surface area contributed by atoms with E-state index in [0.717, 1.165) is 25.5 Å². The molecule has 1 aliphatic heterocycles. The Bertz CT molecular complexity index is 972. The van der Waals surface area contributed by atoms with E-state index in [2.05, 4.69) is 5.32 Å². The molecule has 1 heterocycles. The highest BCUT2D eigenvalue weighted by Crippen LogP contribution is 2.33. The Morgan fingerprint density at radius 2 is 1.94 bits per heavy atom. The summed E-state index contributed by atoms with van der Waals surface area (Å²) in [6.07, 6.45) is 6.00. The number of nitrogens with one attached hydrogen (secondary N) is 1. The van der Waals surface area contributed by atoms with E-state index in [1.807, 2.05) is 0 Å². The predicted molar refractivity (Wildman–Crippen MR) is 118 cm³/mol. The van der Waals surface area contributed by atoms with Gasteiger partial charge in [0.15, 0.2) is 9.84 Å². The lowest BCUT2D eigenvalue weighted by atomic mass is 9.82. The van der Waals surface area contributed by atoms with Gasteiger partial charge in [0.2, 0.25) is 5.91 Å². The summed E-state index contributed by atoms with van der Waals surface area (Å²) in [6, 6.07) is 5.88. The van der Waals surface area contributed by atoms with Gasteiger partial charge < -0.3 is 15.0 Å². The van der Waals surface area contributed by atoms with Crippen LogP contribution in [0.3, 0.4) is 0 Å². The van der Waals surface area contributed by atoms with Crippen molar-refractivity contribution in [2.45, 2.75) is 55.4 Å². The molecule has 0 atom stereocenters. The van der Waals surface area contributed by atoms with Crippen LogP contribution in [0.4, 0.5) is 4.79 Å². The third-order valence-electron chi connectivity index (χ3n) is 6.07. The van der Waals surface area contributed by atoms with E-state index >= 15 is 0 Å². The lowest BCUT2D eigenvalue weighted by molar-refractivity contribution is -0.134. The smallest absolute Gasteiger partial charge is 0.325 e. The number of nitrogens with zero attached hydrogens (tertiary/aromatic N) is 2. The molecule has 0 aromatic heterocycles. The van der Waals surface area contributed by atoms with E-state index in [1.165, 1.54) is 17.0 Å². The van der Waals surface area contributed by atoms with Crippen molar-refractivity contribution in [2.24, 2.45) is 0 Å². The average Bonchev–Trinajstić information content (AvgIpc) is 2.98. The Labute approximate surface area is 189 Å². The lowest BCUT2D eigenvalue weighted by Crippen LogP contribution is -2.48. The van der Waals surface area contributed by atoms with Crippen LogP contribution in [0.15, 0.2) is 29.2 Å². The highest BCUT2D eigenvalue weighted by atomic mass is 32.2. The molecule has 1 spiro atoms. The number of urea groups is 1. The average molecular weight is 466 g/mol. The van der Waals surface area contributed by atoms with Crippen LogP contribution in [0.1, 0.15) is 44.9 Å². The molecule has 4 amide bonds. The maximum Gasteiger partial charge on any atom is 0.325 e. The van der Waals surface area contributed by atoms with Crippen LogP contribution in [0.25, 0.3) is 0 Å². The number of amides is 4. The molecule has 32 heavy (non-hydrogen) atoms. The molecule has 2 fully saturated rings. The Hall–Kier alpha value is -2.62. The number of sulfone groups is 1. The van der Waals surface area contributed by atoms with E-state index in [0.29, 0.717) is 38.2 Å². The maximum atomic E-state index is 12.8. The molecule has 1 aromatic rings. The number of rotatable bonds is 9. The van der Waals surface area contributed by atoms with E-state index in [9.17, 15) is 22.8 Å². The van der Waals surface area contributed by atoms with Crippen molar-refractivity contribution in [3.63, 3.8) is 0 Å². The molecule has 2 aliphatic rings. The second kappa shape index (κ2) is 9.89. The van der Waals surface area contributed by atoms with E-state index < -0.39 is 21.4 Å². The summed E-state index contributed by atoms with van der Waals surface area (Å²) >= 11 is 0. The maximum absolute atomic E-state index is 12.8. The molecule has 0 unspecified atom stereocenters. The fourth-order valence-electron chi connectivity index (χ4n) is 4.18. The Kier molecular flexibility index (Phi) is 7.43. The van der Waals surface area contributed by atoms with Crippen molar-refractivity contribution in [1.82, 2.24) is 15.1 Å². The molecule has 9 nitrogen and oxygen atoms in total. The quantitative estimate of drug-likeness (QED) is 0.441. The first-order valence-electron chi connectivity index (χ1n) is 10.9. The molecule has 0 bridgehead atoms. The molecule has 1 aromatic carbocycles. The van der Waals surface area contributed by atoms with Crippen LogP contribution >= 0.6 is 0 Å². The fraction of sp³-hybridized carbons (Fsp3) is 0.591. The number of imide groups is 1. The zero-order valence-electron chi connectivity index (χ0n) is 18.6. The van der Waals surface area contributed by atoms with Gasteiger partial charge in [-0.2, -0.15) is 0 Å². The summed E-state index contributed by atoms with van der Waals surface area (Å²) in [6.45, 7) is 0.833. The summed E-state index contributed by atoms with van der Waals surface area (Å²) < 4.78 is 28.8. The standard InChI is InChI=1S/C22H31N3O6S/c1-24(13-7-15-31-17-8-6-9-18(16-17)32(2,29)30)19(26)10-14-25-20(27)22(23-21(25)28)11-4-3-5-12-22/h6,8-9,16H,3-5,7,10-15H2,1-2H3,(H,23,28). The van der Waals surface area contributed by atoms with Crippen molar-refractivity contribution in [1.29, 1.82) is 0 Å². The molecule has 0 radical (unpaired) electrons. The normalized spacial score (nSPS) is 18.0. The number of hydrogen-bond donors (Lipinski definition) is 1. The summed E-state index contributed by atoms with van der Waals surface area (Å²) in [5.74, 6) is 0.0914. The lowest BCUT2D eigenvalue weighted by Gasteiger charge is -2.30. The third kappa shape index (κ3) is 5.59. The highest BCUT2D eigenvalue weighted by molar-refractivity contribution is 7.90. The summed E-state index contributed by atoms with van der Waals surface area (Å²) in [7, 11) is -1.63. The monoisotopic (exact) mass is 465 g/mol. The summed E-state index contributed by atoms with van der Waals surface area (Å²) in [5.41, 5.74) is -0.768. The van der Waals surface area contributed by atoms with Crippen molar-refractivity contribution in [3.05, 3.63) is 24.3 Å². The summed E-state index contributed by atoms with van der Waals surface area (Å²) in [4.78, 5) is 40.4. The van der Waals surface area contributed by atoms with E-state index in [-0.39, 0.29) is 29.7 Å². The Morgan fingerprint density at radius 1 is 1.22 bits per heavy atom. The molecule has 3 rings (SSSR count). The molecule has 1 saturated carbocycles. The van der Waals surface area contributed by atoms with Gasteiger partial charge in [0.1, 0.15) is 11.3 Å². The number of carbonyl (C=O) groups is 3. The highest BCUT2D eigenvalue weighted by Gasteiger charge is 2.51. The van der Waals surface area contributed by atoms with Crippen LogP contribution in [-0.2, 0) is 19.4 Å². The molecule has 176 valence electrons. The SMILES string of the molecule is CN(CCCOc1cccc(S(C)(=O)=O)c1)C(=O)CCN1C(=O)NC2(CCCCC2)C1=O. The molecule has 1 saturated heterocycles. The van der Waals surface area contributed by atoms with Crippen molar-refractivity contribution in [3.8, 4) is 5.75 Å². The second-order valence-electron chi connectivity index (χ2n) is 8.54. The largest absolute Gasteiger partial charge is 0.493 e. The van der Waals surface area contributed by atoms with Crippen molar-refractivity contribution in [2.75, 3.05) is 33.0 Å². The molecular weight excluding hydrogens is 434 g/mol. The first kappa shape index (κ1) is 24.0. The zero-order chi connectivity index (χ0) is 23.4. The first-order chi connectivity index (χ1) is 15.1. The van der Waals surface area contributed by atoms with Gasteiger partial charge in [-0.15, -0.1) is 0 Å². The van der Waals surface area contributed by atoms with Crippen LogP contribution in [-0.4, -0.2) is 74.6 Å².